The van der Waals surface area contributed by atoms with Crippen molar-refractivity contribution in [1.82, 2.24) is 24.6 Å². The number of nitrogens with one attached hydrogen (secondary N) is 1. The predicted octanol–water partition coefficient (Wildman–Crippen LogP) is 4.47. The molecule has 2 N–H and O–H groups in total. The SMILES string of the molecule is O[C@@H]1COCC1N1CCC(c2cc3nc(Nc4cnn(C5CCC6CC5C6)c4)ncc3cc2Cl)C(F)C1. The maximum atomic E-state index is 15.4. The minimum absolute atomic E-state index is 0.138. The Hall–Kier alpha value is -2.33. The van der Waals surface area contributed by atoms with Crippen LogP contribution >= 0.6 is 11.6 Å². The van der Waals surface area contributed by atoms with Crippen LogP contribution in [0, 0.1) is 11.8 Å². The van der Waals surface area contributed by atoms with E-state index in [1.54, 1.807) is 6.20 Å². The average Bonchev–Trinajstić information content (AvgIpc) is 3.52. The third kappa shape index (κ3) is 4.39. The fraction of sp³-hybridized carbons (Fsp3) is 0.593. The van der Waals surface area contributed by atoms with Crippen molar-refractivity contribution in [1.29, 1.82) is 0 Å². The molecule has 1 aromatic carbocycles. The molecule has 3 aliphatic carbocycles. The second-order valence-corrected chi connectivity index (χ2v) is 11.7. The Morgan fingerprint density at radius 3 is 2.76 bits per heavy atom. The van der Waals surface area contributed by atoms with E-state index in [0.29, 0.717) is 43.2 Å². The Labute approximate surface area is 220 Å². The molecule has 196 valence electrons. The van der Waals surface area contributed by atoms with Crippen LogP contribution in [0.4, 0.5) is 16.0 Å². The highest BCUT2D eigenvalue weighted by atomic mass is 35.5. The number of likely N-dealkylation sites (tertiary alicyclic amines) is 1. The number of hydrogen-bond acceptors (Lipinski definition) is 7. The number of nitrogens with zero attached hydrogens (tertiary/aromatic N) is 5. The number of aromatic nitrogens is 4. The van der Waals surface area contributed by atoms with Gasteiger partial charge in [-0.15, -0.1) is 0 Å². The predicted molar refractivity (Wildman–Crippen MR) is 139 cm³/mol. The van der Waals surface area contributed by atoms with Crippen LogP contribution in [0.2, 0.25) is 5.02 Å². The van der Waals surface area contributed by atoms with Gasteiger partial charge in [0.25, 0.3) is 0 Å². The van der Waals surface area contributed by atoms with Gasteiger partial charge >= 0.3 is 0 Å². The van der Waals surface area contributed by atoms with Gasteiger partial charge in [0.05, 0.1) is 48.8 Å². The van der Waals surface area contributed by atoms with Crippen LogP contribution < -0.4 is 5.32 Å². The molecule has 3 saturated carbocycles. The lowest BCUT2D eigenvalue weighted by atomic mass is 9.63. The van der Waals surface area contributed by atoms with E-state index in [-0.39, 0.29) is 18.5 Å². The van der Waals surface area contributed by atoms with E-state index >= 15 is 4.39 Å². The molecule has 4 unspecified atom stereocenters. The van der Waals surface area contributed by atoms with Crippen LogP contribution in [0.15, 0.2) is 30.7 Å². The number of hydrogen-bond donors (Lipinski definition) is 2. The summed E-state index contributed by atoms with van der Waals surface area (Å²) in [6, 6.07) is 4.09. The molecule has 2 saturated heterocycles. The molecule has 4 heterocycles. The Bertz CT molecular complexity index is 1300. The summed E-state index contributed by atoms with van der Waals surface area (Å²) in [4.78, 5) is 11.2. The molecule has 0 amide bonds. The first-order chi connectivity index (χ1) is 18.0. The Kier molecular flexibility index (Phi) is 6.07. The van der Waals surface area contributed by atoms with Crippen molar-refractivity contribution in [3.05, 3.63) is 41.3 Å². The van der Waals surface area contributed by atoms with E-state index < -0.39 is 12.3 Å². The zero-order valence-electron chi connectivity index (χ0n) is 20.6. The zero-order chi connectivity index (χ0) is 25.1. The molecule has 10 heteroatoms. The summed E-state index contributed by atoms with van der Waals surface area (Å²) >= 11 is 6.63. The standard InChI is InChI=1S/C27H32ClFN6O2/c28-21-7-17-9-30-27(32-18-10-31-35(11-18)24-2-1-15-5-16(24)6-15)33-23(17)8-20(21)19-3-4-34(12-22(19)29)25-13-37-14-26(25)36/h7-11,15-16,19,22,24-26,36H,1-6,12-14H2,(H,30,32,33)/t15?,16?,19?,22?,24?,25?,26-/m1/s1. The summed E-state index contributed by atoms with van der Waals surface area (Å²) in [5.41, 5.74) is 2.37. The van der Waals surface area contributed by atoms with Crippen LogP contribution in [0.5, 0.6) is 0 Å². The summed E-state index contributed by atoms with van der Waals surface area (Å²) in [6.45, 7) is 1.71. The molecule has 5 aliphatic rings. The first-order valence-electron chi connectivity index (χ1n) is 13.4. The first-order valence-corrected chi connectivity index (χ1v) is 13.8. The van der Waals surface area contributed by atoms with Crippen LogP contribution in [0.3, 0.4) is 0 Å². The second-order valence-electron chi connectivity index (χ2n) is 11.3. The molecule has 3 aromatic rings. The molecule has 8 rings (SSSR count). The molecule has 2 aliphatic heterocycles. The van der Waals surface area contributed by atoms with Crippen molar-refractivity contribution >= 4 is 34.1 Å². The van der Waals surface area contributed by atoms with Crippen molar-refractivity contribution in [2.75, 3.05) is 31.6 Å². The molecule has 5 atom stereocenters. The van der Waals surface area contributed by atoms with Crippen LogP contribution in [-0.2, 0) is 4.74 Å². The number of piperidine rings is 1. The number of halogens is 2. The van der Waals surface area contributed by atoms with E-state index in [9.17, 15) is 5.11 Å². The topological polar surface area (TPSA) is 88.3 Å². The maximum absolute atomic E-state index is 15.4. The third-order valence-electron chi connectivity index (χ3n) is 9.05. The molecule has 5 fully saturated rings. The number of aliphatic hydroxyl groups excluding tert-OH is 1. The first kappa shape index (κ1) is 23.8. The van der Waals surface area contributed by atoms with Gasteiger partial charge in [-0.05, 0) is 68.2 Å². The molecule has 0 radical (unpaired) electrons. The van der Waals surface area contributed by atoms with Crippen molar-refractivity contribution in [2.24, 2.45) is 11.8 Å². The number of alkyl halides is 1. The van der Waals surface area contributed by atoms with Gasteiger partial charge in [0.1, 0.15) is 6.17 Å². The third-order valence-corrected chi connectivity index (χ3v) is 9.37. The Balaban J connectivity index is 1.08. The molecule has 2 aromatic heterocycles. The van der Waals surface area contributed by atoms with Crippen LogP contribution in [0.25, 0.3) is 10.9 Å². The highest BCUT2D eigenvalue weighted by Gasteiger charge is 2.41. The smallest absolute Gasteiger partial charge is 0.227 e. The van der Waals surface area contributed by atoms with Crippen LogP contribution in [0.1, 0.15) is 49.6 Å². The number of aliphatic hydroxyl groups is 1. The Morgan fingerprint density at radius 1 is 1.11 bits per heavy atom. The summed E-state index contributed by atoms with van der Waals surface area (Å²) in [6.07, 6.45) is 9.78. The van der Waals surface area contributed by atoms with Gasteiger partial charge in [-0.25, -0.2) is 14.4 Å². The molecule has 8 nitrogen and oxygen atoms in total. The van der Waals surface area contributed by atoms with Gasteiger partial charge in [0.2, 0.25) is 5.95 Å². The molecular formula is C27H32ClFN6O2. The highest BCUT2D eigenvalue weighted by Crippen LogP contribution is 2.51. The molecular weight excluding hydrogens is 495 g/mol. The molecule has 2 bridgehead atoms. The monoisotopic (exact) mass is 526 g/mol. The fourth-order valence-electron chi connectivity index (χ4n) is 6.91. The highest BCUT2D eigenvalue weighted by molar-refractivity contribution is 6.32. The minimum atomic E-state index is -1.09. The number of anilines is 2. The number of ether oxygens (including phenoxy) is 1. The summed E-state index contributed by atoms with van der Waals surface area (Å²) in [5.74, 6) is 1.86. The normalized spacial score (nSPS) is 34.0. The van der Waals surface area contributed by atoms with Gasteiger partial charge in [0, 0.05) is 35.3 Å². The average molecular weight is 527 g/mol. The lowest BCUT2D eigenvalue weighted by Gasteiger charge is -2.46. The molecule has 37 heavy (non-hydrogen) atoms. The van der Waals surface area contributed by atoms with Gasteiger partial charge in [0.15, 0.2) is 0 Å². The van der Waals surface area contributed by atoms with Gasteiger partial charge < -0.3 is 15.2 Å². The lowest BCUT2D eigenvalue weighted by Crippen LogP contribution is -2.50. The molecule has 0 spiro atoms. The fourth-order valence-corrected chi connectivity index (χ4v) is 7.22. The van der Waals surface area contributed by atoms with Crippen LogP contribution in [-0.4, -0.2) is 74.4 Å². The number of benzene rings is 1. The maximum Gasteiger partial charge on any atom is 0.227 e. The summed E-state index contributed by atoms with van der Waals surface area (Å²) < 4.78 is 22.9. The van der Waals surface area contributed by atoms with Gasteiger partial charge in [-0.2, -0.15) is 5.10 Å². The zero-order valence-corrected chi connectivity index (χ0v) is 21.4. The van der Waals surface area contributed by atoms with Crippen molar-refractivity contribution < 1.29 is 14.2 Å². The number of rotatable bonds is 5. The second kappa shape index (κ2) is 9.45. The van der Waals surface area contributed by atoms with E-state index in [0.717, 1.165) is 34.0 Å². The number of fused-ring (bicyclic) bond motifs is 3. The Morgan fingerprint density at radius 2 is 2.00 bits per heavy atom. The largest absolute Gasteiger partial charge is 0.389 e. The van der Waals surface area contributed by atoms with Gasteiger partial charge in [-0.3, -0.25) is 9.58 Å². The quantitative estimate of drug-likeness (QED) is 0.507. The van der Waals surface area contributed by atoms with E-state index in [1.165, 1.54) is 25.7 Å². The van der Waals surface area contributed by atoms with E-state index in [2.05, 4.69) is 26.3 Å². The van der Waals surface area contributed by atoms with E-state index in [4.69, 9.17) is 21.3 Å². The summed E-state index contributed by atoms with van der Waals surface area (Å²) in [7, 11) is 0. The minimum Gasteiger partial charge on any atom is -0.389 e. The van der Waals surface area contributed by atoms with Gasteiger partial charge in [-0.1, -0.05) is 11.6 Å². The van der Waals surface area contributed by atoms with Crippen molar-refractivity contribution in [3.8, 4) is 0 Å². The van der Waals surface area contributed by atoms with Crippen molar-refractivity contribution in [2.45, 2.75) is 62.4 Å². The summed E-state index contributed by atoms with van der Waals surface area (Å²) in [5, 5.41) is 19.4. The van der Waals surface area contributed by atoms with Crippen molar-refractivity contribution in [3.63, 3.8) is 0 Å². The van der Waals surface area contributed by atoms with E-state index in [1.807, 2.05) is 23.2 Å². The lowest BCUT2D eigenvalue weighted by molar-refractivity contribution is 0.0353.